The molecule has 0 spiro atoms. The third kappa shape index (κ3) is 8.94. The average Bonchev–Trinajstić information content (AvgIpc) is 2.64. The maximum Gasteiger partial charge on any atom is 0.191 e. The summed E-state index contributed by atoms with van der Waals surface area (Å²) in [5, 5.41) is 6.58. The van der Waals surface area contributed by atoms with Gasteiger partial charge >= 0.3 is 0 Å². The van der Waals surface area contributed by atoms with E-state index in [4.69, 9.17) is 0 Å². The van der Waals surface area contributed by atoms with Gasteiger partial charge in [-0.1, -0.05) is 24.3 Å². The van der Waals surface area contributed by atoms with Crippen molar-refractivity contribution in [3.63, 3.8) is 0 Å². The van der Waals surface area contributed by atoms with Gasteiger partial charge in [-0.2, -0.15) is 0 Å². The number of thioether (sulfide) groups is 1. The third-order valence-corrected chi connectivity index (χ3v) is 4.70. The van der Waals surface area contributed by atoms with Crippen LogP contribution in [0.15, 0.2) is 58.4 Å². The van der Waals surface area contributed by atoms with Gasteiger partial charge in [-0.05, 0) is 43.9 Å². The molecule has 0 atom stereocenters. The molecule has 0 heterocycles. The first-order chi connectivity index (χ1) is 12.6. The molecule has 0 saturated heterocycles. The van der Waals surface area contributed by atoms with Gasteiger partial charge < -0.3 is 15.5 Å². The number of hydrogen-bond acceptors (Lipinski definition) is 3. The van der Waals surface area contributed by atoms with Crippen molar-refractivity contribution in [1.29, 1.82) is 0 Å². The van der Waals surface area contributed by atoms with Crippen molar-refractivity contribution < 1.29 is 4.39 Å². The van der Waals surface area contributed by atoms with E-state index in [1.165, 1.54) is 11.0 Å². The largest absolute Gasteiger partial charge is 0.356 e. The van der Waals surface area contributed by atoms with E-state index < -0.39 is 0 Å². The normalized spacial score (nSPS) is 11.2. The Labute approximate surface area is 183 Å². The van der Waals surface area contributed by atoms with Gasteiger partial charge in [-0.25, -0.2) is 4.39 Å². The lowest BCUT2D eigenvalue weighted by Gasteiger charge is -2.14. The lowest BCUT2D eigenvalue weighted by atomic mass is 10.1. The van der Waals surface area contributed by atoms with Crippen molar-refractivity contribution >= 4 is 41.7 Å². The Morgan fingerprint density at radius 3 is 2.52 bits per heavy atom. The Hall–Kier alpha value is -1.32. The molecule has 0 aliphatic heterocycles. The summed E-state index contributed by atoms with van der Waals surface area (Å²) in [4.78, 5) is 7.46. The molecular weight excluding hydrogens is 474 g/mol. The summed E-state index contributed by atoms with van der Waals surface area (Å²) in [6, 6.07) is 15.6. The summed E-state index contributed by atoms with van der Waals surface area (Å²) < 4.78 is 13.9. The van der Waals surface area contributed by atoms with Crippen LogP contribution in [-0.4, -0.2) is 44.3 Å². The van der Waals surface area contributed by atoms with Gasteiger partial charge in [0.2, 0.25) is 0 Å². The highest BCUT2D eigenvalue weighted by atomic mass is 127. The Balaban J connectivity index is 0.00000364. The smallest absolute Gasteiger partial charge is 0.191 e. The van der Waals surface area contributed by atoms with Crippen molar-refractivity contribution in [2.45, 2.75) is 18.0 Å². The second-order valence-electron chi connectivity index (χ2n) is 6.18. The number of guanidine groups is 1. The van der Waals surface area contributed by atoms with Crippen LogP contribution in [0.4, 0.5) is 4.39 Å². The minimum Gasteiger partial charge on any atom is -0.356 e. The van der Waals surface area contributed by atoms with Crippen LogP contribution in [0.3, 0.4) is 0 Å². The Morgan fingerprint density at radius 1 is 1.11 bits per heavy atom. The number of aliphatic imine (C=N–C) groups is 1. The van der Waals surface area contributed by atoms with E-state index in [9.17, 15) is 4.39 Å². The topological polar surface area (TPSA) is 39.7 Å². The first-order valence-electron chi connectivity index (χ1n) is 8.63. The van der Waals surface area contributed by atoms with E-state index in [2.05, 4.69) is 27.8 Å². The molecule has 0 aliphatic carbocycles. The number of nitrogens with one attached hydrogen (secondary N) is 2. The Bertz CT molecular complexity index is 710. The summed E-state index contributed by atoms with van der Waals surface area (Å²) in [6.45, 7) is 2.00. The Kier molecular flexibility index (Phi) is 11.4. The van der Waals surface area contributed by atoms with Crippen LogP contribution in [-0.2, 0) is 13.1 Å². The standard InChI is InChI=1S/C20H27FN4S.HI/c1-22-20(23-11-12-26-18-7-5-4-6-8-18)24-14-16-9-10-19(21)17(13-16)15-25(2)3;/h4-10,13H,11-12,14-15H2,1-3H3,(H2,22,23,24);1H. The third-order valence-electron chi connectivity index (χ3n) is 3.69. The summed E-state index contributed by atoms with van der Waals surface area (Å²) in [7, 11) is 5.62. The zero-order chi connectivity index (χ0) is 18.8. The molecule has 0 radical (unpaired) electrons. The maximum atomic E-state index is 13.9. The second-order valence-corrected chi connectivity index (χ2v) is 7.35. The van der Waals surface area contributed by atoms with Gasteiger partial charge in [0.25, 0.3) is 0 Å². The molecule has 7 heteroatoms. The van der Waals surface area contributed by atoms with Crippen LogP contribution in [0.5, 0.6) is 0 Å². The van der Waals surface area contributed by atoms with Crippen LogP contribution >= 0.6 is 35.7 Å². The predicted octanol–water partition coefficient (Wildman–Crippen LogP) is 3.96. The molecule has 0 bridgehead atoms. The van der Waals surface area contributed by atoms with Crippen LogP contribution in [0.2, 0.25) is 0 Å². The lowest BCUT2D eigenvalue weighted by Crippen LogP contribution is -2.38. The number of hydrogen-bond donors (Lipinski definition) is 2. The summed E-state index contributed by atoms with van der Waals surface area (Å²) >= 11 is 1.80. The van der Waals surface area contributed by atoms with Crippen LogP contribution in [0.25, 0.3) is 0 Å². The molecule has 0 unspecified atom stereocenters. The molecule has 148 valence electrons. The SMILES string of the molecule is CN=C(NCCSc1ccccc1)NCc1ccc(F)c(CN(C)C)c1.I. The van der Waals surface area contributed by atoms with Crippen molar-refractivity contribution in [1.82, 2.24) is 15.5 Å². The quantitative estimate of drug-likeness (QED) is 0.189. The molecule has 2 aromatic carbocycles. The lowest BCUT2D eigenvalue weighted by molar-refractivity contribution is 0.392. The predicted molar refractivity (Wildman–Crippen MR) is 125 cm³/mol. The molecular formula is C20H28FIN4S. The number of halogens is 2. The molecule has 0 fully saturated rings. The van der Waals surface area contributed by atoms with Gasteiger partial charge in [0.05, 0.1) is 0 Å². The van der Waals surface area contributed by atoms with Gasteiger partial charge in [-0.15, -0.1) is 35.7 Å². The fourth-order valence-electron chi connectivity index (χ4n) is 2.46. The summed E-state index contributed by atoms with van der Waals surface area (Å²) in [5.41, 5.74) is 1.74. The first-order valence-corrected chi connectivity index (χ1v) is 9.61. The summed E-state index contributed by atoms with van der Waals surface area (Å²) in [6.07, 6.45) is 0. The fourth-order valence-corrected chi connectivity index (χ4v) is 3.25. The molecule has 2 aromatic rings. The highest BCUT2D eigenvalue weighted by Crippen LogP contribution is 2.15. The van der Waals surface area contributed by atoms with Crippen LogP contribution in [0, 0.1) is 5.82 Å². The molecule has 2 N–H and O–H groups in total. The van der Waals surface area contributed by atoms with Crippen molar-refractivity contribution in [3.8, 4) is 0 Å². The molecule has 0 aliphatic rings. The number of benzene rings is 2. The van der Waals surface area contributed by atoms with E-state index >= 15 is 0 Å². The fraction of sp³-hybridized carbons (Fsp3) is 0.350. The Morgan fingerprint density at radius 2 is 1.85 bits per heavy atom. The molecule has 0 amide bonds. The minimum absolute atomic E-state index is 0. The van der Waals surface area contributed by atoms with Crippen molar-refractivity contribution in [3.05, 3.63) is 65.5 Å². The molecule has 2 rings (SSSR count). The first kappa shape index (κ1) is 23.7. The number of rotatable bonds is 8. The highest BCUT2D eigenvalue weighted by molar-refractivity contribution is 14.0. The van der Waals surface area contributed by atoms with E-state index in [1.807, 2.05) is 43.3 Å². The van der Waals surface area contributed by atoms with E-state index in [-0.39, 0.29) is 29.8 Å². The van der Waals surface area contributed by atoms with E-state index in [0.717, 1.165) is 23.8 Å². The molecule has 0 saturated carbocycles. The maximum absolute atomic E-state index is 13.9. The van der Waals surface area contributed by atoms with E-state index in [0.29, 0.717) is 18.7 Å². The minimum atomic E-state index is -0.164. The van der Waals surface area contributed by atoms with Gasteiger partial charge in [0.1, 0.15) is 5.82 Å². The monoisotopic (exact) mass is 502 g/mol. The highest BCUT2D eigenvalue weighted by Gasteiger charge is 2.06. The zero-order valence-electron chi connectivity index (χ0n) is 16.0. The van der Waals surface area contributed by atoms with E-state index in [1.54, 1.807) is 24.9 Å². The van der Waals surface area contributed by atoms with Crippen molar-refractivity contribution in [2.24, 2.45) is 4.99 Å². The van der Waals surface area contributed by atoms with Gasteiger partial charge in [0, 0.05) is 42.9 Å². The molecule has 4 nitrogen and oxygen atoms in total. The second kappa shape index (κ2) is 13.0. The zero-order valence-corrected chi connectivity index (χ0v) is 19.2. The van der Waals surface area contributed by atoms with Crippen molar-refractivity contribution in [2.75, 3.05) is 33.4 Å². The molecule has 27 heavy (non-hydrogen) atoms. The van der Waals surface area contributed by atoms with Gasteiger partial charge in [0.15, 0.2) is 5.96 Å². The summed E-state index contributed by atoms with van der Waals surface area (Å²) in [5.74, 6) is 1.54. The molecule has 0 aromatic heterocycles. The van der Waals surface area contributed by atoms with Crippen LogP contribution in [0.1, 0.15) is 11.1 Å². The van der Waals surface area contributed by atoms with Gasteiger partial charge in [-0.3, -0.25) is 4.99 Å². The van der Waals surface area contributed by atoms with Crippen LogP contribution < -0.4 is 10.6 Å². The average molecular weight is 502 g/mol. The number of nitrogens with zero attached hydrogens (tertiary/aromatic N) is 2.